The maximum Gasteiger partial charge on any atom is 0.300 e. The number of pyridine rings is 1. The molecule has 1 heterocycles. The first-order valence-electron chi connectivity index (χ1n) is 3.02. The van der Waals surface area contributed by atoms with Crippen LogP contribution in [-0.2, 0) is 0 Å². The zero-order valence-corrected chi connectivity index (χ0v) is 5.93. The molecule has 0 unspecified atom stereocenters. The Morgan fingerprint density at radius 2 is 2.33 bits per heavy atom. The smallest absolute Gasteiger partial charge is 0.300 e. The number of rotatable bonds is 2. The summed E-state index contributed by atoms with van der Waals surface area (Å²) in [7, 11) is 0. The van der Waals surface area contributed by atoms with Gasteiger partial charge in [0.15, 0.2) is 0 Å². The standard InChI is InChI=1S/C6H5N3O3/c7-6(10)5-4(9(11)12)2-1-3-8-5/h1-3H,(H2,7,10). The first-order chi connectivity index (χ1) is 5.63. The van der Waals surface area contributed by atoms with Crippen molar-refractivity contribution >= 4 is 11.6 Å². The summed E-state index contributed by atoms with van der Waals surface area (Å²) in [5, 5.41) is 10.3. The molecule has 0 aromatic carbocycles. The minimum absolute atomic E-state index is 0.317. The average Bonchev–Trinajstić information content (AvgIpc) is 2.04. The van der Waals surface area contributed by atoms with Crippen LogP contribution in [0.15, 0.2) is 18.3 Å². The quantitative estimate of drug-likeness (QED) is 0.498. The molecule has 0 aliphatic carbocycles. The molecule has 0 spiro atoms. The van der Waals surface area contributed by atoms with Crippen molar-refractivity contribution < 1.29 is 9.72 Å². The zero-order chi connectivity index (χ0) is 9.14. The molecule has 0 atom stereocenters. The maximum absolute atomic E-state index is 10.6. The lowest BCUT2D eigenvalue weighted by Gasteiger charge is -1.94. The normalized spacial score (nSPS) is 9.33. The lowest BCUT2D eigenvalue weighted by Crippen LogP contribution is -2.15. The second-order valence-electron chi connectivity index (χ2n) is 1.99. The molecule has 62 valence electrons. The molecular weight excluding hydrogens is 162 g/mol. The fourth-order valence-corrected chi connectivity index (χ4v) is 0.734. The number of hydrogen-bond acceptors (Lipinski definition) is 4. The highest BCUT2D eigenvalue weighted by Gasteiger charge is 2.17. The molecule has 0 aliphatic heterocycles. The van der Waals surface area contributed by atoms with Gasteiger partial charge < -0.3 is 5.73 Å². The van der Waals surface area contributed by atoms with Crippen molar-refractivity contribution in [3.8, 4) is 0 Å². The van der Waals surface area contributed by atoms with Crippen LogP contribution in [0.5, 0.6) is 0 Å². The first-order valence-corrected chi connectivity index (χ1v) is 3.02. The van der Waals surface area contributed by atoms with E-state index >= 15 is 0 Å². The lowest BCUT2D eigenvalue weighted by molar-refractivity contribution is -0.385. The summed E-state index contributed by atoms with van der Waals surface area (Å²) >= 11 is 0. The summed E-state index contributed by atoms with van der Waals surface area (Å²) in [6.45, 7) is 0. The van der Waals surface area contributed by atoms with Crippen molar-refractivity contribution in [3.05, 3.63) is 34.1 Å². The number of hydrogen-bond donors (Lipinski definition) is 1. The molecule has 6 heteroatoms. The van der Waals surface area contributed by atoms with Gasteiger partial charge in [-0.2, -0.15) is 0 Å². The molecule has 0 saturated heterocycles. The predicted molar refractivity (Wildman–Crippen MR) is 39.4 cm³/mol. The van der Waals surface area contributed by atoms with Crippen LogP contribution in [0.3, 0.4) is 0 Å². The van der Waals surface area contributed by atoms with Gasteiger partial charge in [0, 0.05) is 12.3 Å². The predicted octanol–water partition coefficient (Wildman–Crippen LogP) is 0.0887. The van der Waals surface area contributed by atoms with E-state index in [4.69, 9.17) is 5.73 Å². The van der Waals surface area contributed by atoms with Gasteiger partial charge in [-0.1, -0.05) is 0 Å². The fraction of sp³-hybridized carbons (Fsp3) is 0. The third kappa shape index (κ3) is 1.36. The van der Waals surface area contributed by atoms with Crippen LogP contribution in [0.2, 0.25) is 0 Å². The Balaban J connectivity index is 3.27. The summed E-state index contributed by atoms with van der Waals surface area (Å²) in [5.41, 5.74) is 4.16. The number of carbonyl (C=O) groups excluding carboxylic acids is 1. The maximum atomic E-state index is 10.6. The minimum atomic E-state index is -0.901. The highest BCUT2D eigenvalue weighted by molar-refractivity contribution is 5.94. The molecule has 1 aromatic heterocycles. The Hall–Kier alpha value is -1.98. The number of carbonyl (C=O) groups is 1. The van der Waals surface area contributed by atoms with Gasteiger partial charge in [-0.3, -0.25) is 14.9 Å². The molecule has 0 radical (unpaired) electrons. The third-order valence-corrected chi connectivity index (χ3v) is 1.22. The highest BCUT2D eigenvalue weighted by Crippen LogP contribution is 2.13. The number of nitro groups is 1. The topological polar surface area (TPSA) is 99.1 Å². The van der Waals surface area contributed by atoms with E-state index in [2.05, 4.69) is 4.98 Å². The third-order valence-electron chi connectivity index (χ3n) is 1.22. The van der Waals surface area contributed by atoms with Gasteiger partial charge in [0.25, 0.3) is 5.91 Å². The summed E-state index contributed by atoms with van der Waals surface area (Å²) in [5.74, 6) is -0.901. The number of nitrogens with zero attached hydrogens (tertiary/aromatic N) is 2. The van der Waals surface area contributed by atoms with Gasteiger partial charge in [-0.05, 0) is 6.07 Å². The van der Waals surface area contributed by atoms with E-state index in [0.717, 1.165) is 0 Å². The molecule has 1 aromatic rings. The van der Waals surface area contributed by atoms with Crippen molar-refractivity contribution in [3.63, 3.8) is 0 Å². The van der Waals surface area contributed by atoms with Crippen LogP contribution in [0.1, 0.15) is 10.5 Å². The molecule has 12 heavy (non-hydrogen) atoms. The van der Waals surface area contributed by atoms with E-state index in [1.807, 2.05) is 0 Å². The Morgan fingerprint density at radius 3 is 2.75 bits per heavy atom. The van der Waals surface area contributed by atoms with E-state index in [0.29, 0.717) is 0 Å². The van der Waals surface area contributed by atoms with Gasteiger partial charge in [0.05, 0.1) is 4.92 Å². The zero-order valence-electron chi connectivity index (χ0n) is 5.93. The van der Waals surface area contributed by atoms with Crippen molar-refractivity contribution in [1.82, 2.24) is 4.98 Å². The van der Waals surface area contributed by atoms with Gasteiger partial charge >= 0.3 is 5.69 Å². The Labute approximate surface area is 67.2 Å². The Kier molecular flexibility index (Phi) is 2.00. The second kappa shape index (κ2) is 2.95. The van der Waals surface area contributed by atoms with E-state index in [1.54, 1.807) is 0 Å². The van der Waals surface area contributed by atoms with Crippen molar-refractivity contribution in [2.75, 3.05) is 0 Å². The molecule has 1 rings (SSSR count). The number of primary amides is 1. The van der Waals surface area contributed by atoms with Crippen LogP contribution in [0, 0.1) is 10.1 Å². The first kappa shape index (κ1) is 8.12. The van der Waals surface area contributed by atoms with E-state index in [1.165, 1.54) is 18.3 Å². The van der Waals surface area contributed by atoms with E-state index in [-0.39, 0.29) is 11.4 Å². The van der Waals surface area contributed by atoms with Gasteiger partial charge in [0.2, 0.25) is 5.69 Å². The number of amides is 1. The van der Waals surface area contributed by atoms with Crippen molar-refractivity contribution in [1.29, 1.82) is 0 Å². The highest BCUT2D eigenvalue weighted by atomic mass is 16.6. The van der Waals surface area contributed by atoms with Crippen LogP contribution in [-0.4, -0.2) is 15.8 Å². The van der Waals surface area contributed by atoms with Gasteiger partial charge in [-0.15, -0.1) is 0 Å². The summed E-state index contributed by atoms with van der Waals surface area (Å²) < 4.78 is 0. The van der Waals surface area contributed by atoms with E-state index < -0.39 is 10.8 Å². The van der Waals surface area contributed by atoms with Crippen LogP contribution in [0.4, 0.5) is 5.69 Å². The number of aromatic nitrogens is 1. The Morgan fingerprint density at radius 1 is 1.67 bits per heavy atom. The van der Waals surface area contributed by atoms with Gasteiger partial charge in [0.1, 0.15) is 0 Å². The summed E-state index contributed by atoms with van der Waals surface area (Å²) in [4.78, 5) is 23.6. The molecular formula is C6H5N3O3. The average molecular weight is 167 g/mol. The van der Waals surface area contributed by atoms with Crippen LogP contribution in [0.25, 0.3) is 0 Å². The SMILES string of the molecule is NC(=O)c1ncccc1[N+](=O)[O-]. The lowest BCUT2D eigenvalue weighted by atomic mass is 10.3. The summed E-state index contributed by atoms with van der Waals surface area (Å²) in [6.07, 6.45) is 1.27. The molecule has 1 amide bonds. The molecule has 0 fully saturated rings. The second-order valence-corrected chi connectivity index (χ2v) is 1.99. The molecule has 0 aliphatic rings. The van der Waals surface area contributed by atoms with Crippen molar-refractivity contribution in [2.24, 2.45) is 5.73 Å². The number of nitrogens with two attached hydrogens (primary N) is 1. The van der Waals surface area contributed by atoms with E-state index in [9.17, 15) is 14.9 Å². The molecule has 2 N–H and O–H groups in total. The van der Waals surface area contributed by atoms with Crippen LogP contribution >= 0.6 is 0 Å². The Bertz CT molecular complexity index is 304. The minimum Gasteiger partial charge on any atom is -0.364 e. The monoisotopic (exact) mass is 167 g/mol. The molecule has 6 nitrogen and oxygen atoms in total. The molecule has 0 saturated carbocycles. The van der Waals surface area contributed by atoms with Crippen molar-refractivity contribution in [2.45, 2.75) is 0 Å². The fourth-order valence-electron chi connectivity index (χ4n) is 0.734. The van der Waals surface area contributed by atoms with Crippen LogP contribution < -0.4 is 5.73 Å². The van der Waals surface area contributed by atoms with Gasteiger partial charge in [-0.25, -0.2) is 4.98 Å². The largest absolute Gasteiger partial charge is 0.364 e. The molecule has 0 bridgehead atoms. The summed E-state index contributed by atoms with van der Waals surface area (Å²) in [6, 6.07) is 2.54.